The Balaban J connectivity index is 2.70. The van der Waals surface area contributed by atoms with Gasteiger partial charge in [-0.25, -0.2) is 0 Å². The van der Waals surface area contributed by atoms with Crippen molar-refractivity contribution in [1.29, 1.82) is 0 Å². The van der Waals surface area contributed by atoms with Gasteiger partial charge in [0.25, 0.3) is 0 Å². The molecule has 1 aromatic rings. The molecule has 0 spiro atoms. The van der Waals surface area contributed by atoms with Gasteiger partial charge in [-0.05, 0) is 11.6 Å². The number of allylic oxidation sites excluding steroid dienone is 1. The van der Waals surface area contributed by atoms with Crippen LogP contribution < -0.4 is 0 Å². The number of rotatable bonds is 2. The quantitative estimate of drug-likeness (QED) is 0.425. The molecule has 0 saturated carbocycles. The zero-order chi connectivity index (χ0) is 8.81. The molecule has 2 nitrogen and oxygen atoms in total. The van der Waals surface area contributed by atoms with Gasteiger partial charge in [0.2, 0.25) is 0 Å². The van der Waals surface area contributed by atoms with E-state index in [0.717, 1.165) is 5.56 Å². The lowest BCUT2D eigenvalue weighted by Gasteiger charge is -1.89. The van der Waals surface area contributed by atoms with E-state index in [1.165, 1.54) is 6.08 Å². The van der Waals surface area contributed by atoms with Crippen molar-refractivity contribution in [3.05, 3.63) is 42.0 Å². The molecular formula is C9H8ClNO. The highest BCUT2D eigenvalue weighted by molar-refractivity contribution is 6.68. The molecule has 0 bridgehead atoms. The fourth-order valence-electron chi connectivity index (χ4n) is 0.762. The van der Waals surface area contributed by atoms with Gasteiger partial charge in [0.1, 0.15) is 0 Å². The fourth-order valence-corrected chi connectivity index (χ4v) is 0.825. The molecule has 0 aliphatic heterocycles. The topological polar surface area (TPSA) is 32.6 Å². The van der Waals surface area contributed by atoms with Crippen LogP contribution in [0.25, 0.3) is 6.08 Å². The monoisotopic (exact) mass is 181 g/mol. The standard InChI is InChI=1S/C9H8ClNO/c10-9(11-12)7-6-8-4-2-1-3-5-8/h1-7,12H. The summed E-state index contributed by atoms with van der Waals surface area (Å²) in [6, 6.07) is 9.63. The molecule has 1 rings (SSSR count). The molecule has 0 aliphatic carbocycles. The predicted molar refractivity (Wildman–Crippen MR) is 50.6 cm³/mol. The van der Waals surface area contributed by atoms with E-state index in [-0.39, 0.29) is 5.17 Å². The molecule has 0 aromatic heterocycles. The Labute approximate surface area is 75.8 Å². The van der Waals surface area contributed by atoms with Gasteiger partial charge in [-0.2, -0.15) is 0 Å². The molecule has 0 heterocycles. The first-order valence-corrected chi connectivity index (χ1v) is 3.81. The van der Waals surface area contributed by atoms with Crippen LogP contribution in [0.5, 0.6) is 0 Å². The lowest BCUT2D eigenvalue weighted by Crippen LogP contribution is -1.77. The number of hydrogen-bond acceptors (Lipinski definition) is 2. The normalized spacial score (nSPS) is 12.2. The molecule has 0 atom stereocenters. The fraction of sp³-hybridized carbons (Fsp3) is 0. The van der Waals surface area contributed by atoms with Crippen LogP contribution in [0, 0.1) is 0 Å². The third kappa shape index (κ3) is 2.76. The number of nitrogens with zero attached hydrogens (tertiary/aromatic N) is 1. The highest BCUT2D eigenvalue weighted by Gasteiger charge is 1.85. The van der Waals surface area contributed by atoms with Crippen molar-refractivity contribution in [1.82, 2.24) is 0 Å². The van der Waals surface area contributed by atoms with Gasteiger partial charge in [0.15, 0.2) is 5.17 Å². The molecule has 0 radical (unpaired) electrons. The van der Waals surface area contributed by atoms with Crippen LogP contribution in [0.3, 0.4) is 0 Å². The van der Waals surface area contributed by atoms with Crippen LogP contribution >= 0.6 is 11.6 Å². The number of benzene rings is 1. The van der Waals surface area contributed by atoms with Crippen molar-refractivity contribution in [2.45, 2.75) is 0 Å². The molecule has 0 aliphatic rings. The summed E-state index contributed by atoms with van der Waals surface area (Å²) in [6.45, 7) is 0. The Morgan fingerprint density at radius 2 is 2.00 bits per heavy atom. The Kier molecular flexibility index (Phi) is 3.35. The molecule has 0 fully saturated rings. The first-order chi connectivity index (χ1) is 5.83. The lowest BCUT2D eigenvalue weighted by atomic mass is 10.2. The van der Waals surface area contributed by atoms with E-state index in [1.807, 2.05) is 30.3 Å². The number of halogens is 1. The molecular weight excluding hydrogens is 174 g/mol. The minimum Gasteiger partial charge on any atom is -0.410 e. The van der Waals surface area contributed by atoms with Gasteiger partial charge in [0, 0.05) is 0 Å². The lowest BCUT2D eigenvalue weighted by molar-refractivity contribution is 0.321. The predicted octanol–water partition coefficient (Wildman–Crippen LogP) is 2.73. The van der Waals surface area contributed by atoms with Crippen molar-refractivity contribution in [3.63, 3.8) is 0 Å². The smallest absolute Gasteiger partial charge is 0.168 e. The van der Waals surface area contributed by atoms with E-state index in [1.54, 1.807) is 6.08 Å². The first kappa shape index (κ1) is 8.81. The summed E-state index contributed by atoms with van der Waals surface area (Å²) in [7, 11) is 0. The maximum Gasteiger partial charge on any atom is 0.168 e. The molecule has 62 valence electrons. The van der Waals surface area contributed by atoms with E-state index in [2.05, 4.69) is 5.16 Å². The Bertz CT molecular complexity index is 293. The Morgan fingerprint density at radius 3 is 2.58 bits per heavy atom. The summed E-state index contributed by atoms with van der Waals surface area (Å²) in [5.74, 6) is 0. The second kappa shape index (κ2) is 4.57. The van der Waals surface area contributed by atoms with Crippen LogP contribution in [-0.4, -0.2) is 10.4 Å². The maximum absolute atomic E-state index is 8.22. The van der Waals surface area contributed by atoms with Gasteiger partial charge >= 0.3 is 0 Å². The van der Waals surface area contributed by atoms with Crippen LogP contribution in [0.15, 0.2) is 41.6 Å². The summed E-state index contributed by atoms with van der Waals surface area (Å²) in [4.78, 5) is 0. The molecule has 3 heteroatoms. The number of oxime groups is 1. The van der Waals surface area contributed by atoms with Gasteiger partial charge in [-0.3, -0.25) is 0 Å². The van der Waals surface area contributed by atoms with Crippen molar-refractivity contribution < 1.29 is 5.21 Å². The largest absolute Gasteiger partial charge is 0.410 e. The molecule has 0 amide bonds. The van der Waals surface area contributed by atoms with Gasteiger partial charge in [0.05, 0.1) is 0 Å². The van der Waals surface area contributed by atoms with E-state index >= 15 is 0 Å². The van der Waals surface area contributed by atoms with Crippen molar-refractivity contribution in [2.24, 2.45) is 5.16 Å². The van der Waals surface area contributed by atoms with E-state index in [9.17, 15) is 0 Å². The average molecular weight is 182 g/mol. The van der Waals surface area contributed by atoms with E-state index in [4.69, 9.17) is 16.8 Å². The SMILES string of the molecule is ON=C(Cl)C=Cc1ccccc1. The third-order valence-electron chi connectivity index (χ3n) is 1.31. The summed E-state index contributed by atoms with van der Waals surface area (Å²) in [6.07, 6.45) is 3.29. The van der Waals surface area contributed by atoms with Crippen LogP contribution in [0.4, 0.5) is 0 Å². The van der Waals surface area contributed by atoms with Gasteiger partial charge < -0.3 is 5.21 Å². The maximum atomic E-state index is 8.22. The Morgan fingerprint density at radius 1 is 1.33 bits per heavy atom. The molecule has 1 N–H and O–H groups in total. The molecule has 1 aromatic carbocycles. The van der Waals surface area contributed by atoms with Crippen LogP contribution in [-0.2, 0) is 0 Å². The molecule has 12 heavy (non-hydrogen) atoms. The first-order valence-electron chi connectivity index (χ1n) is 3.43. The molecule has 0 saturated heterocycles. The van der Waals surface area contributed by atoms with Crippen molar-refractivity contribution >= 4 is 22.8 Å². The minimum absolute atomic E-state index is 0.0684. The summed E-state index contributed by atoms with van der Waals surface area (Å²) < 4.78 is 0. The van der Waals surface area contributed by atoms with Crippen LogP contribution in [0.2, 0.25) is 0 Å². The second-order valence-corrected chi connectivity index (χ2v) is 2.55. The Hall–Kier alpha value is -1.28. The number of hydrogen-bond donors (Lipinski definition) is 1. The average Bonchev–Trinajstić information content (AvgIpc) is 2.16. The third-order valence-corrected chi connectivity index (χ3v) is 1.51. The summed E-state index contributed by atoms with van der Waals surface area (Å²) in [5, 5.41) is 11.1. The highest BCUT2D eigenvalue weighted by Crippen LogP contribution is 2.01. The minimum atomic E-state index is 0.0684. The van der Waals surface area contributed by atoms with Gasteiger partial charge in [-0.1, -0.05) is 53.2 Å². The second-order valence-electron chi connectivity index (χ2n) is 2.17. The zero-order valence-electron chi connectivity index (χ0n) is 6.31. The van der Waals surface area contributed by atoms with E-state index < -0.39 is 0 Å². The van der Waals surface area contributed by atoms with Crippen molar-refractivity contribution in [2.75, 3.05) is 0 Å². The van der Waals surface area contributed by atoms with Crippen LogP contribution in [0.1, 0.15) is 5.56 Å². The van der Waals surface area contributed by atoms with Crippen molar-refractivity contribution in [3.8, 4) is 0 Å². The van der Waals surface area contributed by atoms with E-state index in [0.29, 0.717) is 0 Å². The summed E-state index contributed by atoms with van der Waals surface area (Å²) >= 11 is 5.43. The zero-order valence-corrected chi connectivity index (χ0v) is 7.07. The summed E-state index contributed by atoms with van der Waals surface area (Å²) in [5.41, 5.74) is 1.01. The van der Waals surface area contributed by atoms with Gasteiger partial charge in [-0.15, -0.1) is 0 Å². The molecule has 0 unspecified atom stereocenters. The highest BCUT2D eigenvalue weighted by atomic mass is 35.5.